The standard InChI is InChI=1S/C24H45N3/c1-2-3-19-26-23-15-12-13-20-27(21-14-18-25-22-23)24-16-10-8-6-4-5-7-9-11-17-24/h4,6,22-24,26H,2-3,5,7-21H2,1H3/b6-4-,25-22?. The van der Waals surface area contributed by atoms with Crippen molar-refractivity contribution in [2.75, 3.05) is 26.2 Å². The van der Waals surface area contributed by atoms with Crippen LogP contribution in [0.1, 0.15) is 96.8 Å². The van der Waals surface area contributed by atoms with Gasteiger partial charge in [-0.3, -0.25) is 4.99 Å². The third-order valence-corrected chi connectivity index (χ3v) is 6.16. The Balaban J connectivity index is 1.82. The van der Waals surface area contributed by atoms with Crippen LogP contribution in [0.3, 0.4) is 0 Å². The second-order valence-corrected chi connectivity index (χ2v) is 8.55. The number of hydrogen-bond donors (Lipinski definition) is 1. The van der Waals surface area contributed by atoms with Crippen molar-refractivity contribution in [3.05, 3.63) is 12.2 Å². The van der Waals surface area contributed by atoms with E-state index in [9.17, 15) is 0 Å². The molecule has 0 fully saturated rings. The molecule has 0 bridgehead atoms. The smallest absolute Gasteiger partial charge is 0.0420 e. The number of rotatable bonds is 5. The van der Waals surface area contributed by atoms with Crippen LogP contribution < -0.4 is 5.32 Å². The molecule has 2 atom stereocenters. The summed E-state index contributed by atoms with van der Waals surface area (Å²) in [7, 11) is 0. The highest BCUT2D eigenvalue weighted by Gasteiger charge is 2.18. The molecule has 0 radical (unpaired) electrons. The van der Waals surface area contributed by atoms with Gasteiger partial charge in [0.05, 0.1) is 0 Å². The van der Waals surface area contributed by atoms with Crippen LogP contribution in [0.2, 0.25) is 0 Å². The van der Waals surface area contributed by atoms with Gasteiger partial charge in [-0.1, -0.05) is 44.8 Å². The average Bonchev–Trinajstić information content (AvgIpc) is 2.77. The zero-order valence-electron chi connectivity index (χ0n) is 18.0. The van der Waals surface area contributed by atoms with E-state index in [1.807, 2.05) is 0 Å². The Morgan fingerprint density at radius 2 is 1.67 bits per heavy atom. The van der Waals surface area contributed by atoms with Gasteiger partial charge in [-0.2, -0.15) is 0 Å². The van der Waals surface area contributed by atoms with Gasteiger partial charge in [-0.15, -0.1) is 0 Å². The highest BCUT2D eigenvalue weighted by atomic mass is 15.1. The Morgan fingerprint density at radius 3 is 2.56 bits per heavy atom. The van der Waals surface area contributed by atoms with E-state index < -0.39 is 0 Å². The lowest BCUT2D eigenvalue weighted by Gasteiger charge is -2.32. The van der Waals surface area contributed by atoms with Crippen LogP contribution in [-0.4, -0.2) is 49.4 Å². The highest BCUT2D eigenvalue weighted by molar-refractivity contribution is 5.64. The molecule has 0 aromatic rings. The largest absolute Gasteiger partial charge is 0.309 e. The second-order valence-electron chi connectivity index (χ2n) is 8.55. The predicted molar refractivity (Wildman–Crippen MR) is 120 cm³/mol. The molecule has 2 rings (SSSR count). The molecule has 0 spiro atoms. The molecule has 2 aliphatic rings. The topological polar surface area (TPSA) is 27.6 Å². The number of allylic oxidation sites excluding steroid dienone is 2. The zero-order valence-corrected chi connectivity index (χ0v) is 18.0. The summed E-state index contributed by atoms with van der Waals surface area (Å²) in [4.78, 5) is 7.60. The van der Waals surface area contributed by atoms with E-state index in [1.165, 1.54) is 103 Å². The average molecular weight is 376 g/mol. The van der Waals surface area contributed by atoms with E-state index in [1.54, 1.807) is 0 Å². The van der Waals surface area contributed by atoms with E-state index in [-0.39, 0.29) is 0 Å². The summed E-state index contributed by atoms with van der Waals surface area (Å²) < 4.78 is 0. The lowest BCUT2D eigenvalue weighted by molar-refractivity contribution is 0.167. The SMILES string of the molecule is CCCCNC1C=NCCCN(C2CCC/C=C\CCCCC2)CCCC1. The first-order valence-corrected chi connectivity index (χ1v) is 12.0. The van der Waals surface area contributed by atoms with Gasteiger partial charge in [-0.25, -0.2) is 0 Å². The molecule has 1 aliphatic heterocycles. The van der Waals surface area contributed by atoms with Crippen LogP contribution in [0.4, 0.5) is 0 Å². The van der Waals surface area contributed by atoms with Gasteiger partial charge in [0.15, 0.2) is 0 Å². The summed E-state index contributed by atoms with van der Waals surface area (Å²) in [5.41, 5.74) is 0. The van der Waals surface area contributed by atoms with Crippen molar-refractivity contribution >= 4 is 6.21 Å². The maximum atomic E-state index is 4.76. The van der Waals surface area contributed by atoms with Crippen LogP contribution >= 0.6 is 0 Å². The molecule has 1 N–H and O–H groups in total. The predicted octanol–water partition coefficient (Wildman–Crippen LogP) is 5.75. The van der Waals surface area contributed by atoms with E-state index in [0.29, 0.717) is 6.04 Å². The van der Waals surface area contributed by atoms with Crippen LogP contribution in [0, 0.1) is 0 Å². The number of hydrogen-bond acceptors (Lipinski definition) is 3. The summed E-state index contributed by atoms with van der Waals surface area (Å²) in [6.45, 7) is 6.93. The Hall–Kier alpha value is -0.670. The van der Waals surface area contributed by atoms with E-state index in [2.05, 4.69) is 35.5 Å². The fraction of sp³-hybridized carbons (Fsp3) is 0.875. The molecule has 2 unspecified atom stereocenters. The fourth-order valence-electron chi connectivity index (χ4n) is 4.45. The monoisotopic (exact) mass is 375 g/mol. The van der Waals surface area contributed by atoms with Crippen molar-refractivity contribution in [3.63, 3.8) is 0 Å². The van der Waals surface area contributed by atoms with Gasteiger partial charge in [-0.05, 0) is 77.3 Å². The van der Waals surface area contributed by atoms with Gasteiger partial charge < -0.3 is 10.2 Å². The molecule has 1 aliphatic carbocycles. The minimum Gasteiger partial charge on any atom is -0.309 e. The number of nitrogens with one attached hydrogen (secondary N) is 1. The summed E-state index contributed by atoms with van der Waals surface area (Å²) in [5, 5.41) is 3.70. The molecule has 0 amide bonds. The normalized spacial score (nSPS) is 28.8. The molecular formula is C24H45N3. The molecule has 3 heteroatoms. The van der Waals surface area contributed by atoms with Gasteiger partial charge >= 0.3 is 0 Å². The number of aliphatic imine (C=N–C) groups is 1. The summed E-state index contributed by atoms with van der Waals surface area (Å²) in [6, 6.07) is 1.30. The number of nitrogens with zero attached hydrogens (tertiary/aromatic N) is 2. The van der Waals surface area contributed by atoms with Crippen molar-refractivity contribution < 1.29 is 0 Å². The maximum Gasteiger partial charge on any atom is 0.0420 e. The van der Waals surface area contributed by atoms with E-state index >= 15 is 0 Å². The second kappa shape index (κ2) is 15.3. The van der Waals surface area contributed by atoms with Crippen LogP contribution in [0.25, 0.3) is 0 Å². The van der Waals surface area contributed by atoms with E-state index in [0.717, 1.165) is 19.1 Å². The Kier molecular flexibility index (Phi) is 12.8. The molecule has 0 saturated heterocycles. The van der Waals surface area contributed by atoms with Gasteiger partial charge in [0, 0.05) is 31.4 Å². The summed E-state index contributed by atoms with van der Waals surface area (Å²) >= 11 is 0. The first-order chi connectivity index (χ1) is 13.4. The first kappa shape index (κ1) is 22.6. The third-order valence-electron chi connectivity index (χ3n) is 6.16. The lowest BCUT2D eigenvalue weighted by atomic mass is 10.00. The molecule has 1 heterocycles. The Labute approximate surface area is 169 Å². The minimum atomic E-state index is 0.493. The molecule has 27 heavy (non-hydrogen) atoms. The highest BCUT2D eigenvalue weighted by Crippen LogP contribution is 2.20. The lowest BCUT2D eigenvalue weighted by Crippen LogP contribution is -2.37. The van der Waals surface area contributed by atoms with Crippen molar-refractivity contribution in [1.82, 2.24) is 10.2 Å². The third kappa shape index (κ3) is 10.4. The fourth-order valence-corrected chi connectivity index (χ4v) is 4.45. The maximum absolute atomic E-state index is 4.76. The molecular weight excluding hydrogens is 330 g/mol. The van der Waals surface area contributed by atoms with Crippen LogP contribution in [0.15, 0.2) is 17.1 Å². The molecule has 3 nitrogen and oxygen atoms in total. The van der Waals surface area contributed by atoms with Crippen molar-refractivity contribution in [2.24, 2.45) is 4.99 Å². The number of unbranched alkanes of at least 4 members (excludes halogenated alkanes) is 1. The van der Waals surface area contributed by atoms with Crippen molar-refractivity contribution in [1.29, 1.82) is 0 Å². The van der Waals surface area contributed by atoms with Gasteiger partial charge in [0.2, 0.25) is 0 Å². The van der Waals surface area contributed by atoms with Gasteiger partial charge in [0.1, 0.15) is 0 Å². The molecule has 0 saturated carbocycles. The van der Waals surface area contributed by atoms with Crippen molar-refractivity contribution in [2.45, 2.75) is 109 Å². The summed E-state index contributed by atoms with van der Waals surface area (Å²) in [5.74, 6) is 0. The van der Waals surface area contributed by atoms with Crippen LogP contribution in [-0.2, 0) is 0 Å². The van der Waals surface area contributed by atoms with E-state index in [4.69, 9.17) is 4.99 Å². The van der Waals surface area contributed by atoms with Gasteiger partial charge in [0.25, 0.3) is 0 Å². The Morgan fingerprint density at radius 1 is 0.889 bits per heavy atom. The quantitative estimate of drug-likeness (QED) is 0.489. The molecule has 156 valence electrons. The summed E-state index contributed by atoms with van der Waals surface area (Å²) in [6.07, 6.45) is 25.6. The van der Waals surface area contributed by atoms with Crippen LogP contribution in [0.5, 0.6) is 0 Å². The minimum absolute atomic E-state index is 0.493. The molecule has 0 aromatic carbocycles. The molecule has 0 aromatic heterocycles. The first-order valence-electron chi connectivity index (χ1n) is 12.0. The van der Waals surface area contributed by atoms with Crippen molar-refractivity contribution in [3.8, 4) is 0 Å². The Bertz CT molecular complexity index is 404. The zero-order chi connectivity index (χ0) is 19.0.